The van der Waals surface area contributed by atoms with Crippen LogP contribution in [0.2, 0.25) is 0 Å². The third-order valence-electron chi connectivity index (χ3n) is 2.31. The summed E-state index contributed by atoms with van der Waals surface area (Å²) in [6.45, 7) is 3.39. The first-order chi connectivity index (χ1) is 8.54. The first kappa shape index (κ1) is 15.0. The van der Waals surface area contributed by atoms with Gasteiger partial charge in [0.25, 0.3) is 5.91 Å². The molecule has 0 aromatic carbocycles. The molecule has 0 saturated carbocycles. The predicted molar refractivity (Wildman–Crippen MR) is 76.0 cm³/mol. The highest BCUT2D eigenvalue weighted by atomic mass is 32.1. The van der Waals surface area contributed by atoms with E-state index in [1.165, 1.54) is 11.3 Å². The fraction of sp³-hybridized carbons (Fsp3) is 0.545. The molecule has 2 N–H and O–H groups in total. The Hall–Kier alpha value is -1.05. The maximum absolute atomic E-state index is 12.2. The molecule has 0 aliphatic carbocycles. The van der Waals surface area contributed by atoms with Crippen LogP contribution in [0, 0.1) is 6.92 Å². The van der Waals surface area contributed by atoms with Gasteiger partial charge in [-0.3, -0.25) is 4.79 Å². The third-order valence-corrected chi connectivity index (χ3v) is 3.42. The predicted octanol–water partition coefficient (Wildman–Crippen LogP) is 1.22. The minimum atomic E-state index is -0.0473. The van der Waals surface area contributed by atoms with E-state index >= 15 is 0 Å². The fourth-order valence-electron chi connectivity index (χ4n) is 1.38. The average molecular weight is 287 g/mol. The molecule has 0 atom stereocenters. The quantitative estimate of drug-likeness (QED) is 0.764. The number of rotatable bonds is 7. The highest BCUT2D eigenvalue weighted by Crippen LogP contribution is 2.14. The summed E-state index contributed by atoms with van der Waals surface area (Å²) in [5.74, 6) is -0.0473. The summed E-state index contributed by atoms with van der Waals surface area (Å²) < 4.78 is 5.00. The van der Waals surface area contributed by atoms with Gasteiger partial charge in [-0.05, 0) is 6.92 Å². The zero-order valence-corrected chi connectivity index (χ0v) is 12.1. The summed E-state index contributed by atoms with van der Waals surface area (Å²) in [6, 6.07) is 0. The highest BCUT2D eigenvalue weighted by Gasteiger charge is 2.17. The molecule has 1 heterocycles. The van der Waals surface area contributed by atoms with Crippen molar-refractivity contribution in [1.82, 2.24) is 9.88 Å². The monoisotopic (exact) mass is 287 g/mol. The van der Waals surface area contributed by atoms with E-state index in [1.807, 2.05) is 6.92 Å². The second-order valence-corrected chi connectivity index (χ2v) is 5.50. The molecule has 0 spiro atoms. The average Bonchev–Trinajstić information content (AvgIpc) is 2.75. The summed E-state index contributed by atoms with van der Waals surface area (Å²) in [6.07, 6.45) is 2.12. The van der Waals surface area contributed by atoms with Crippen molar-refractivity contribution in [3.05, 3.63) is 16.1 Å². The van der Waals surface area contributed by atoms with Crippen LogP contribution >= 0.6 is 23.6 Å². The minimum absolute atomic E-state index is 0.0473. The Balaban J connectivity index is 2.68. The van der Waals surface area contributed by atoms with Crippen LogP contribution in [-0.2, 0) is 4.74 Å². The number of ether oxygens (including phenoxy) is 1. The van der Waals surface area contributed by atoms with Crippen molar-refractivity contribution in [2.75, 3.05) is 26.8 Å². The lowest BCUT2D eigenvalue weighted by Crippen LogP contribution is -2.35. The van der Waals surface area contributed by atoms with E-state index in [9.17, 15) is 4.79 Å². The first-order valence-corrected chi connectivity index (χ1v) is 6.76. The smallest absolute Gasteiger partial charge is 0.265 e. The van der Waals surface area contributed by atoms with Gasteiger partial charge < -0.3 is 15.4 Å². The molecule has 1 aromatic rings. The fourth-order valence-corrected chi connectivity index (χ4v) is 2.21. The molecule has 18 heavy (non-hydrogen) atoms. The molecule has 7 heteroatoms. The molecule has 0 aliphatic rings. The number of carbonyl (C=O) groups is 1. The van der Waals surface area contributed by atoms with Crippen molar-refractivity contribution in [1.29, 1.82) is 0 Å². The Morgan fingerprint density at radius 3 is 2.83 bits per heavy atom. The normalized spacial score (nSPS) is 10.3. The zero-order valence-electron chi connectivity index (χ0n) is 10.5. The van der Waals surface area contributed by atoms with Crippen molar-refractivity contribution in [3.8, 4) is 0 Å². The topological polar surface area (TPSA) is 68.5 Å². The Morgan fingerprint density at radius 1 is 1.61 bits per heavy atom. The SMILES string of the molecule is COCCN(CCC(N)=S)C(=O)c1cnc(C)s1. The number of aryl methyl sites for hydroxylation is 1. The van der Waals surface area contributed by atoms with Crippen molar-refractivity contribution in [2.24, 2.45) is 5.73 Å². The van der Waals surface area contributed by atoms with E-state index in [-0.39, 0.29) is 5.91 Å². The van der Waals surface area contributed by atoms with Gasteiger partial charge in [-0.25, -0.2) is 4.98 Å². The lowest BCUT2D eigenvalue weighted by molar-refractivity contribution is 0.0706. The van der Waals surface area contributed by atoms with Crippen LogP contribution in [0.25, 0.3) is 0 Å². The van der Waals surface area contributed by atoms with E-state index < -0.39 is 0 Å². The minimum Gasteiger partial charge on any atom is -0.393 e. The molecule has 0 aliphatic heterocycles. The summed E-state index contributed by atoms with van der Waals surface area (Å²) in [5.41, 5.74) is 5.46. The summed E-state index contributed by atoms with van der Waals surface area (Å²) >= 11 is 6.22. The largest absolute Gasteiger partial charge is 0.393 e. The van der Waals surface area contributed by atoms with Gasteiger partial charge >= 0.3 is 0 Å². The molecule has 0 bridgehead atoms. The van der Waals surface area contributed by atoms with Gasteiger partial charge in [-0.2, -0.15) is 0 Å². The summed E-state index contributed by atoms with van der Waals surface area (Å²) in [4.78, 5) is 19.0. The van der Waals surface area contributed by atoms with E-state index in [2.05, 4.69) is 4.98 Å². The van der Waals surface area contributed by atoms with Gasteiger partial charge in [0.1, 0.15) is 4.88 Å². The van der Waals surface area contributed by atoms with Crippen molar-refractivity contribution in [2.45, 2.75) is 13.3 Å². The van der Waals surface area contributed by atoms with Crippen LogP contribution in [0.5, 0.6) is 0 Å². The van der Waals surface area contributed by atoms with Crippen LogP contribution in [0.3, 0.4) is 0 Å². The Bertz CT molecular complexity index is 420. The number of aromatic nitrogens is 1. The van der Waals surface area contributed by atoms with Crippen molar-refractivity contribution < 1.29 is 9.53 Å². The number of hydrogen-bond donors (Lipinski definition) is 1. The van der Waals surface area contributed by atoms with Crippen LogP contribution in [-0.4, -0.2) is 47.6 Å². The Morgan fingerprint density at radius 2 is 2.33 bits per heavy atom. The molecule has 1 aromatic heterocycles. The van der Waals surface area contributed by atoms with Gasteiger partial charge in [0.15, 0.2) is 0 Å². The van der Waals surface area contributed by atoms with E-state index in [1.54, 1.807) is 18.2 Å². The van der Waals surface area contributed by atoms with E-state index in [0.717, 1.165) is 5.01 Å². The van der Waals surface area contributed by atoms with Crippen molar-refractivity contribution in [3.63, 3.8) is 0 Å². The molecule has 100 valence electrons. The van der Waals surface area contributed by atoms with Crippen molar-refractivity contribution >= 4 is 34.5 Å². The van der Waals surface area contributed by atoms with Gasteiger partial charge in [-0.1, -0.05) is 12.2 Å². The molecule has 0 saturated heterocycles. The van der Waals surface area contributed by atoms with E-state index in [0.29, 0.717) is 36.0 Å². The van der Waals surface area contributed by atoms with Crippen LogP contribution < -0.4 is 5.73 Å². The van der Waals surface area contributed by atoms with Crippen LogP contribution in [0.4, 0.5) is 0 Å². The Kier molecular flexibility index (Phi) is 6.17. The second kappa shape index (κ2) is 7.40. The molecule has 0 radical (unpaired) electrons. The van der Waals surface area contributed by atoms with Crippen LogP contribution in [0.15, 0.2) is 6.20 Å². The number of nitrogens with two attached hydrogens (primary N) is 1. The van der Waals surface area contributed by atoms with Crippen LogP contribution in [0.1, 0.15) is 21.1 Å². The molecular weight excluding hydrogens is 270 g/mol. The molecular formula is C11H17N3O2S2. The number of nitrogens with zero attached hydrogens (tertiary/aromatic N) is 2. The van der Waals surface area contributed by atoms with Gasteiger partial charge in [0.05, 0.1) is 22.8 Å². The second-order valence-electron chi connectivity index (χ2n) is 3.74. The summed E-state index contributed by atoms with van der Waals surface area (Å²) in [5, 5.41) is 0.874. The highest BCUT2D eigenvalue weighted by molar-refractivity contribution is 7.80. The standard InChI is InChI=1S/C11H17N3O2S2/c1-8-13-7-9(18-8)11(15)14(5-6-16-2)4-3-10(12)17/h7H,3-6H2,1-2H3,(H2,12,17). The maximum atomic E-state index is 12.2. The number of methoxy groups -OCH3 is 1. The number of hydrogen-bond acceptors (Lipinski definition) is 5. The van der Waals surface area contributed by atoms with Gasteiger partial charge in [0, 0.05) is 26.6 Å². The van der Waals surface area contributed by atoms with E-state index in [4.69, 9.17) is 22.7 Å². The molecule has 0 unspecified atom stereocenters. The Labute approximate surface area is 116 Å². The maximum Gasteiger partial charge on any atom is 0.265 e. The lowest BCUT2D eigenvalue weighted by atomic mass is 10.3. The molecule has 0 fully saturated rings. The summed E-state index contributed by atoms with van der Waals surface area (Å²) in [7, 11) is 1.60. The number of thiocarbonyl (C=S) groups is 1. The van der Waals surface area contributed by atoms with Gasteiger partial charge in [0.2, 0.25) is 0 Å². The number of amides is 1. The number of thiazole rings is 1. The molecule has 1 rings (SSSR count). The third kappa shape index (κ3) is 4.67. The lowest BCUT2D eigenvalue weighted by Gasteiger charge is -2.21. The zero-order chi connectivity index (χ0) is 13.5. The molecule has 5 nitrogen and oxygen atoms in total. The molecule has 1 amide bonds. The number of carbonyl (C=O) groups excluding carboxylic acids is 1. The van der Waals surface area contributed by atoms with Gasteiger partial charge in [-0.15, -0.1) is 11.3 Å². The first-order valence-electron chi connectivity index (χ1n) is 5.53.